The number of hydrogen-bond acceptors (Lipinski definition) is 7. The molecule has 3 amide bonds. The van der Waals surface area contributed by atoms with E-state index in [1.807, 2.05) is 60.8 Å². The number of carbonyl (C=O) groups excluding carboxylic acids is 3. The third kappa shape index (κ3) is 8.25. The number of hydrogen-bond donors (Lipinski definition) is 3. The first-order chi connectivity index (χ1) is 20.9. The van der Waals surface area contributed by atoms with Gasteiger partial charge < -0.3 is 16.0 Å². The molecule has 3 N–H and O–H groups in total. The van der Waals surface area contributed by atoms with Crippen molar-refractivity contribution < 1.29 is 14.4 Å². The summed E-state index contributed by atoms with van der Waals surface area (Å²) in [5.74, 6) is -1.05. The zero-order valence-corrected chi connectivity index (χ0v) is 24.7. The van der Waals surface area contributed by atoms with E-state index < -0.39 is 11.8 Å². The van der Waals surface area contributed by atoms with Crippen LogP contribution in [0.5, 0.6) is 0 Å². The first-order valence-corrected chi connectivity index (χ1v) is 15.1. The van der Waals surface area contributed by atoms with E-state index in [1.165, 1.54) is 23.1 Å². The molecule has 1 unspecified atom stereocenters. The molecule has 0 spiro atoms. The number of rotatable bonds is 10. The fourth-order valence-electron chi connectivity index (χ4n) is 3.92. The topological polar surface area (TPSA) is 113 Å². The van der Waals surface area contributed by atoms with E-state index >= 15 is 0 Å². The molecule has 0 aliphatic rings. The van der Waals surface area contributed by atoms with Gasteiger partial charge >= 0.3 is 0 Å². The van der Waals surface area contributed by atoms with E-state index in [0.717, 1.165) is 16.2 Å². The van der Waals surface area contributed by atoms with Gasteiger partial charge in [0, 0.05) is 39.5 Å². The van der Waals surface area contributed by atoms with E-state index in [9.17, 15) is 14.4 Å². The van der Waals surface area contributed by atoms with Gasteiger partial charge in [-0.3, -0.25) is 19.4 Å². The number of pyridine rings is 1. The van der Waals surface area contributed by atoms with Crippen molar-refractivity contribution in [1.29, 1.82) is 0 Å². The van der Waals surface area contributed by atoms with Crippen LogP contribution in [0.4, 0.5) is 10.8 Å². The van der Waals surface area contributed by atoms with Crippen LogP contribution in [0.25, 0.3) is 17.3 Å². The Balaban J connectivity index is 1.20. The second-order valence-corrected chi connectivity index (χ2v) is 11.6. The van der Waals surface area contributed by atoms with Crippen molar-refractivity contribution in [1.82, 2.24) is 15.3 Å². The Morgan fingerprint density at radius 1 is 0.860 bits per heavy atom. The lowest BCUT2D eigenvalue weighted by Crippen LogP contribution is -2.30. The molecule has 0 aliphatic carbocycles. The molecule has 0 bridgehead atoms. The maximum atomic E-state index is 13.2. The van der Waals surface area contributed by atoms with E-state index in [4.69, 9.17) is 0 Å². The van der Waals surface area contributed by atoms with E-state index in [2.05, 4.69) is 25.9 Å². The molecular weight excluding hydrogens is 579 g/mol. The van der Waals surface area contributed by atoms with Crippen LogP contribution in [0, 0.1) is 0 Å². The summed E-state index contributed by atoms with van der Waals surface area (Å²) in [7, 11) is 0. The van der Waals surface area contributed by atoms with E-state index in [-0.39, 0.29) is 16.9 Å². The summed E-state index contributed by atoms with van der Waals surface area (Å²) in [6.45, 7) is 1.83. The molecule has 43 heavy (non-hydrogen) atoms. The van der Waals surface area contributed by atoms with Crippen LogP contribution in [-0.4, -0.2) is 32.9 Å². The molecule has 0 fully saturated rings. The zero-order valence-electron chi connectivity index (χ0n) is 23.1. The molecule has 5 aromatic rings. The molecule has 0 radical (unpaired) electrons. The van der Waals surface area contributed by atoms with Crippen molar-refractivity contribution in [3.63, 3.8) is 0 Å². The van der Waals surface area contributed by atoms with Gasteiger partial charge in [-0.2, -0.15) is 0 Å². The van der Waals surface area contributed by atoms with Crippen molar-refractivity contribution in [2.75, 3.05) is 10.6 Å². The second kappa shape index (κ2) is 14.2. The highest BCUT2D eigenvalue weighted by Gasteiger charge is 2.18. The molecule has 2 heterocycles. The summed E-state index contributed by atoms with van der Waals surface area (Å²) in [5.41, 5.74) is 3.51. The van der Waals surface area contributed by atoms with Crippen molar-refractivity contribution in [2.24, 2.45) is 0 Å². The van der Waals surface area contributed by atoms with Crippen LogP contribution in [0.2, 0.25) is 0 Å². The molecule has 0 saturated carbocycles. The maximum Gasteiger partial charge on any atom is 0.272 e. The predicted octanol–water partition coefficient (Wildman–Crippen LogP) is 6.73. The minimum Gasteiger partial charge on any atom is -0.321 e. The van der Waals surface area contributed by atoms with E-state index in [1.54, 1.807) is 67.0 Å². The Labute approximate surface area is 257 Å². The lowest BCUT2D eigenvalue weighted by molar-refractivity contribution is -0.115. The van der Waals surface area contributed by atoms with Crippen molar-refractivity contribution >= 4 is 57.7 Å². The number of carbonyl (C=O) groups is 3. The number of aromatic nitrogens is 2. The lowest BCUT2D eigenvalue weighted by Gasteiger charge is -2.13. The van der Waals surface area contributed by atoms with Crippen LogP contribution in [0.15, 0.2) is 125 Å². The van der Waals surface area contributed by atoms with Gasteiger partial charge in [-0.25, -0.2) is 4.98 Å². The van der Waals surface area contributed by atoms with Crippen molar-refractivity contribution in [2.45, 2.75) is 17.1 Å². The minimum atomic E-state index is -0.486. The van der Waals surface area contributed by atoms with Crippen LogP contribution in [0.3, 0.4) is 0 Å². The van der Waals surface area contributed by atoms with Gasteiger partial charge in [-0.05, 0) is 61.0 Å². The van der Waals surface area contributed by atoms with Gasteiger partial charge in [-0.1, -0.05) is 54.6 Å². The fraction of sp³-hybridized carbons (Fsp3) is 0.0606. The standard InChI is InChI=1S/C33H27N5O3S2/c1-22(30(39)38-33-37-29(21-42-33)24-10-4-2-5-11-24)43-27-16-14-26(15-17-27)35-32(41)28(19-23-9-8-18-34-20-23)36-31(40)25-12-6-3-7-13-25/h2-22H,1H3,(H,35,41)(H,36,40)(H,37,38,39)/b28-19-. The highest BCUT2D eigenvalue weighted by atomic mass is 32.2. The van der Waals surface area contributed by atoms with Gasteiger partial charge in [0.1, 0.15) is 5.70 Å². The first kappa shape index (κ1) is 29.4. The minimum absolute atomic E-state index is 0.0724. The molecule has 3 aromatic carbocycles. The van der Waals surface area contributed by atoms with Crippen LogP contribution >= 0.6 is 23.1 Å². The number of benzene rings is 3. The number of anilines is 2. The highest BCUT2D eigenvalue weighted by molar-refractivity contribution is 8.00. The van der Waals surface area contributed by atoms with Gasteiger partial charge in [-0.15, -0.1) is 23.1 Å². The smallest absolute Gasteiger partial charge is 0.272 e. The SMILES string of the molecule is CC(Sc1ccc(NC(=O)/C(=C/c2cccnc2)NC(=O)c2ccccc2)cc1)C(=O)Nc1nc(-c2ccccc2)cs1. The third-order valence-electron chi connectivity index (χ3n) is 6.12. The largest absolute Gasteiger partial charge is 0.321 e. The monoisotopic (exact) mass is 605 g/mol. The number of thioether (sulfide) groups is 1. The van der Waals surface area contributed by atoms with E-state index in [0.29, 0.717) is 21.9 Å². The molecular formula is C33H27N5O3S2. The van der Waals surface area contributed by atoms with Crippen molar-refractivity contribution in [3.8, 4) is 11.3 Å². The summed E-state index contributed by atoms with van der Waals surface area (Å²) in [4.78, 5) is 48.3. The Kier molecular flexibility index (Phi) is 9.73. The molecule has 2 aromatic heterocycles. The summed E-state index contributed by atoms with van der Waals surface area (Å²) in [6.07, 6.45) is 4.80. The highest BCUT2D eigenvalue weighted by Crippen LogP contribution is 2.28. The molecule has 214 valence electrons. The number of amides is 3. The average molecular weight is 606 g/mol. The molecule has 10 heteroatoms. The summed E-state index contributed by atoms with van der Waals surface area (Å²) in [6, 6.07) is 29.1. The van der Waals surface area contributed by atoms with Gasteiger partial charge in [0.05, 0.1) is 10.9 Å². The second-order valence-electron chi connectivity index (χ2n) is 9.30. The summed E-state index contributed by atoms with van der Waals surface area (Å²) < 4.78 is 0. The predicted molar refractivity (Wildman–Crippen MR) is 173 cm³/mol. The maximum absolute atomic E-state index is 13.2. The molecule has 8 nitrogen and oxygen atoms in total. The molecule has 0 aliphatic heterocycles. The Hall–Kier alpha value is -5.06. The third-order valence-corrected chi connectivity index (χ3v) is 7.99. The molecule has 5 rings (SSSR count). The normalized spacial score (nSPS) is 11.8. The van der Waals surface area contributed by atoms with Gasteiger partial charge in [0.15, 0.2) is 5.13 Å². The quantitative estimate of drug-likeness (QED) is 0.120. The Morgan fingerprint density at radius 3 is 2.28 bits per heavy atom. The van der Waals surface area contributed by atoms with Crippen LogP contribution in [0.1, 0.15) is 22.8 Å². The van der Waals surface area contributed by atoms with Gasteiger partial charge in [0.25, 0.3) is 11.8 Å². The molecule has 1 atom stereocenters. The van der Waals surface area contributed by atoms with Crippen LogP contribution < -0.4 is 16.0 Å². The zero-order chi connectivity index (χ0) is 30.0. The number of nitrogens with zero attached hydrogens (tertiary/aromatic N) is 2. The number of nitrogens with one attached hydrogen (secondary N) is 3. The summed E-state index contributed by atoms with van der Waals surface area (Å²) in [5, 5.41) is 10.5. The first-order valence-electron chi connectivity index (χ1n) is 13.3. The Bertz CT molecular complexity index is 1730. The lowest BCUT2D eigenvalue weighted by atomic mass is 10.2. The number of thiazole rings is 1. The summed E-state index contributed by atoms with van der Waals surface area (Å²) >= 11 is 2.77. The fourth-order valence-corrected chi connectivity index (χ4v) is 5.51. The average Bonchev–Trinajstić information content (AvgIpc) is 3.51. The Morgan fingerprint density at radius 2 is 1.58 bits per heavy atom. The van der Waals surface area contributed by atoms with Gasteiger partial charge in [0.2, 0.25) is 5.91 Å². The molecule has 0 saturated heterocycles. The van der Waals surface area contributed by atoms with Crippen molar-refractivity contribution in [3.05, 3.63) is 132 Å². The van der Waals surface area contributed by atoms with Crippen LogP contribution in [-0.2, 0) is 9.59 Å².